The van der Waals surface area contributed by atoms with E-state index in [0.29, 0.717) is 24.7 Å². The van der Waals surface area contributed by atoms with Crippen molar-refractivity contribution in [2.75, 3.05) is 32.9 Å². The molecule has 170 valence electrons. The minimum absolute atomic E-state index is 0.507. The number of thiazole rings is 1. The highest BCUT2D eigenvalue weighted by molar-refractivity contribution is 7.22. The normalized spacial score (nSPS) is 11.0. The highest BCUT2D eigenvalue weighted by Gasteiger charge is 2.06. The van der Waals surface area contributed by atoms with Crippen molar-refractivity contribution < 1.29 is 18.9 Å². The van der Waals surface area contributed by atoms with E-state index in [1.54, 1.807) is 31.8 Å². The summed E-state index contributed by atoms with van der Waals surface area (Å²) in [5.74, 6) is 2.87. The molecular weight excluding hydrogens is 438 g/mol. The van der Waals surface area contributed by atoms with Crippen molar-refractivity contribution in [2.24, 2.45) is 5.10 Å². The molecule has 0 radical (unpaired) electrons. The van der Waals surface area contributed by atoms with Gasteiger partial charge in [0.05, 0.1) is 43.9 Å². The number of hydrogen-bond donors (Lipinski definition) is 1. The van der Waals surface area contributed by atoms with Gasteiger partial charge in [0.15, 0.2) is 11.5 Å². The predicted octanol–water partition coefficient (Wildman–Crippen LogP) is 5.61. The lowest BCUT2D eigenvalue weighted by Crippen LogP contribution is -2.06. The monoisotopic (exact) mass is 463 g/mol. The fraction of sp³-hybridized carbons (Fsp3) is 0.200. The van der Waals surface area contributed by atoms with Crippen LogP contribution in [0.1, 0.15) is 12.0 Å². The molecule has 1 heterocycles. The van der Waals surface area contributed by atoms with Gasteiger partial charge in [-0.3, -0.25) is 5.43 Å². The predicted molar refractivity (Wildman–Crippen MR) is 132 cm³/mol. The van der Waals surface area contributed by atoms with Gasteiger partial charge in [0.25, 0.3) is 0 Å². The number of fused-ring (bicyclic) bond motifs is 1. The lowest BCUT2D eigenvalue weighted by atomic mass is 10.2. The summed E-state index contributed by atoms with van der Waals surface area (Å²) in [7, 11) is 3.25. The van der Waals surface area contributed by atoms with E-state index >= 15 is 0 Å². The van der Waals surface area contributed by atoms with Gasteiger partial charge in [-0.15, -0.1) is 0 Å². The number of ether oxygens (including phenoxy) is 4. The topological polar surface area (TPSA) is 74.2 Å². The number of hydrazone groups is 1. The molecule has 0 saturated heterocycles. The Balaban J connectivity index is 1.26. The van der Waals surface area contributed by atoms with Crippen molar-refractivity contribution in [2.45, 2.75) is 6.42 Å². The Hall–Kier alpha value is -3.78. The molecule has 1 N–H and O–H groups in total. The molecule has 0 atom stereocenters. The molecule has 4 rings (SSSR count). The van der Waals surface area contributed by atoms with Crippen molar-refractivity contribution in [3.63, 3.8) is 0 Å². The van der Waals surface area contributed by atoms with Gasteiger partial charge in [-0.25, -0.2) is 4.98 Å². The smallest absolute Gasteiger partial charge is 0.204 e. The number of nitrogens with zero attached hydrogens (tertiary/aromatic N) is 2. The second-order valence-corrected chi connectivity index (χ2v) is 8.03. The van der Waals surface area contributed by atoms with E-state index in [2.05, 4.69) is 15.5 Å². The summed E-state index contributed by atoms with van der Waals surface area (Å²) in [6, 6.07) is 21.2. The third-order valence-electron chi connectivity index (χ3n) is 4.71. The van der Waals surface area contributed by atoms with Crippen LogP contribution in [0.2, 0.25) is 0 Å². The molecule has 0 amide bonds. The number of anilines is 1. The third-order valence-corrected chi connectivity index (χ3v) is 5.65. The lowest BCUT2D eigenvalue weighted by Gasteiger charge is -2.12. The zero-order valence-corrected chi connectivity index (χ0v) is 19.3. The second-order valence-electron chi connectivity index (χ2n) is 7.00. The molecule has 0 fully saturated rings. The largest absolute Gasteiger partial charge is 0.497 e. The molecule has 0 aliphatic heterocycles. The van der Waals surface area contributed by atoms with Gasteiger partial charge in [-0.05, 0) is 48.0 Å². The maximum Gasteiger partial charge on any atom is 0.204 e. The minimum Gasteiger partial charge on any atom is -0.497 e. The van der Waals surface area contributed by atoms with Crippen LogP contribution < -0.4 is 24.4 Å². The van der Waals surface area contributed by atoms with Crippen LogP contribution in [0, 0.1) is 0 Å². The number of benzene rings is 3. The fourth-order valence-electron chi connectivity index (χ4n) is 3.09. The Morgan fingerprint density at radius 1 is 0.879 bits per heavy atom. The average molecular weight is 464 g/mol. The van der Waals surface area contributed by atoms with Crippen LogP contribution in [-0.4, -0.2) is 38.6 Å². The summed E-state index contributed by atoms with van der Waals surface area (Å²) in [4.78, 5) is 4.50. The summed E-state index contributed by atoms with van der Waals surface area (Å²) in [6.45, 7) is 1.05. The molecule has 0 saturated carbocycles. The van der Waals surface area contributed by atoms with E-state index in [0.717, 1.165) is 38.8 Å². The van der Waals surface area contributed by atoms with Crippen LogP contribution >= 0.6 is 11.3 Å². The standard InChI is InChI=1S/C25H25N3O4S/c1-29-19-7-5-8-20(16-19)31-13-6-14-32-22-12-11-18(15-23(22)30-2)17-26-28-25-27-21-9-3-4-10-24(21)33-25/h3-5,7-12,15-17H,6,13-14H2,1-2H3,(H,27,28)/b26-17-. The van der Waals surface area contributed by atoms with E-state index in [-0.39, 0.29) is 0 Å². The van der Waals surface area contributed by atoms with Crippen LogP contribution in [0.25, 0.3) is 10.2 Å². The third kappa shape index (κ3) is 6.14. The number of rotatable bonds is 11. The van der Waals surface area contributed by atoms with E-state index < -0.39 is 0 Å². The van der Waals surface area contributed by atoms with Crippen LogP contribution in [0.3, 0.4) is 0 Å². The molecule has 0 bridgehead atoms. The van der Waals surface area contributed by atoms with Crippen LogP contribution in [0.4, 0.5) is 5.13 Å². The van der Waals surface area contributed by atoms with Crippen LogP contribution in [0.5, 0.6) is 23.0 Å². The number of nitrogens with one attached hydrogen (secondary N) is 1. The summed E-state index contributed by atoms with van der Waals surface area (Å²) < 4.78 is 23.4. The Labute approximate surface area is 196 Å². The maximum absolute atomic E-state index is 5.88. The summed E-state index contributed by atoms with van der Waals surface area (Å²) in [5.41, 5.74) is 4.83. The molecule has 33 heavy (non-hydrogen) atoms. The quantitative estimate of drug-likeness (QED) is 0.177. The van der Waals surface area contributed by atoms with Crippen molar-refractivity contribution in [1.82, 2.24) is 4.98 Å². The first-order chi connectivity index (χ1) is 16.2. The molecule has 8 heteroatoms. The van der Waals surface area contributed by atoms with Gasteiger partial charge in [0.1, 0.15) is 11.5 Å². The maximum atomic E-state index is 5.88. The lowest BCUT2D eigenvalue weighted by molar-refractivity contribution is 0.240. The number of methoxy groups -OCH3 is 2. The second kappa shape index (κ2) is 11.2. The zero-order valence-electron chi connectivity index (χ0n) is 18.5. The zero-order chi connectivity index (χ0) is 22.9. The first kappa shape index (κ1) is 22.4. The Bertz CT molecular complexity index is 1190. The summed E-state index contributed by atoms with van der Waals surface area (Å²) in [5, 5.41) is 5.04. The molecule has 0 aliphatic carbocycles. The molecule has 3 aromatic carbocycles. The van der Waals surface area contributed by atoms with Crippen LogP contribution in [0.15, 0.2) is 71.8 Å². The average Bonchev–Trinajstić information content (AvgIpc) is 3.27. The van der Waals surface area contributed by atoms with Crippen LogP contribution in [-0.2, 0) is 0 Å². The van der Waals surface area contributed by atoms with Crippen molar-refractivity contribution >= 4 is 32.9 Å². The van der Waals surface area contributed by atoms with Gasteiger partial charge < -0.3 is 18.9 Å². The number of hydrogen-bond acceptors (Lipinski definition) is 8. The summed E-state index contributed by atoms with van der Waals surface area (Å²) in [6.07, 6.45) is 2.45. The highest BCUT2D eigenvalue weighted by Crippen LogP contribution is 2.28. The molecular formula is C25H25N3O4S. The molecule has 4 aromatic rings. The van der Waals surface area contributed by atoms with Gasteiger partial charge in [0.2, 0.25) is 5.13 Å². The van der Waals surface area contributed by atoms with Gasteiger partial charge in [0, 0.05) is 12.5 Å². The van der Waals surface area contributed by atoms with E-state index in [1.807, 2.05) is 66.7 Å². The Morgan fingerprint density at radius 3 is 2.58 bits per heavy atom. The Kier molecular flexibility index (Phi) is 7.60. The van der Waals surface area contributed by atoms with Gasteiger partial charge in [-0.1, -0.05) is 29.5 Å². The molecule has 1 aromatic heterocycles. The van der Waals surface area contributed by atoms with E-state index in [9.17, 15) is 0 Å². The van der Waals surface area contributed by atoms with E-state index in [1.165, 1.54) is 0 Å². The molecule has 0 spiro atoms. The molecule has 0 aliphatic rings. The molecule has 0 unspecified atom stereocenters. The Morgan fingerprint density at radius 2 is 1.73 bits per heavy atom. The SMILES string of the molecule is COc1cccc(OCCCOc2ccc(/C=N\Nc3nc4ccccc4s3)cc2OC)c1. The number of aromatic nitrogens is 1. The highest BCUT2D eigenvalue weighted by atomic mass is 32.1. The summed E-state index contributed by atoms with van der Waals surface area (Å²) >= 11 is 1.56. The van der Waals surface area contributed by atoms with Gasteiger partial charge >= 0.3 is 0 Å². The first-order valence-corrected chi connectivity index (χ1v) is 11.3. The fourth-order valence-corrected chi connectivity index (χ4v) is 3.90. The van der Waals surface area contributed by atoms with Crippen molar-refractivity contribution in [3.05, 3.63) is 72.3 Å². The number of para-hydroxylation sites is 1. The minimum atomic E-state index is 0.507. The van der Waals surface area contributed by atoms with Crippen molar-refractivity contribution in [3.8, 4) is 23.0 Å². The van der Waals surface area contributed by atoms with E-state index in [4.69, 9.17) is 18.9 Å². The molecule has 7 nitrogen and oxygen atoms in total. The van der Waals surface area contributed by atoms with Crippen molar-refractivity contribution in [1.29, 1.82) is 0 Å². The van der Waals surface area contributed by atoms with Gasteiger partial charge in [-0.2, -0.15) is 5.10 Å². The first-order valence-electron chi connectivity index (χ1n) is 10.5.